The average molecular weight is 647 g/mol. The molecule has 0 amide bonds. The van der Waals surface area contributed by atoms with E-state index in [1.165, 1.54) is 69.0 Å². The Morgan fingerprint density at radius 1 is 0.417 bits per heavy atom. The van der Waals surface area contributed by atoms with E-state index in [1.54, 1.807) is 11.3 Å². The van der Waals surface area contributed by atoms with Crippen molar-refractivity contribution in [1.29, 1.82) is 0 Å². The predicted molar refractivity (Wildman–Crippen MR) is 207 cm³/mol. The molecule has 48 heavy (non-hydrogen) atoms. The quantitative estimate of drug-likeness (QED) is 0.190. The minimum Gasteiger partial charge on any atom is -0.243 e. The third-order valence-electron chi connectivity index (χ3n) is 9.35. The van der Waals surface area contributed by atoms with Crippen molar-refractivity contribution in [3.8, 4) is 44.6 Å². The van der Waals surface area contributed by atoms with Crippen molar-refractivity contribution in [2.24, 2.45) is 0 Å². The zero-order valence-electron chi connectivity index (χ0n) is 25.7. The lowest BCUT2D eigenvalue weighted by Crippen LogP contribution is -1.88. The minimum atomic E-state index is 0.885. The van der Waals surface area contributed by atoms with Crippen LogP contribution < -0.4 is 0 Å². The van der Waals surface area contributed by atoms with Crippen LogP contribution in [-0.2, 0) is 0 Å². The molecular formula is C44H26N2S2. The van der Waals surface area contributed by atoms with E-state index in [0.717, 1.165) is 27.0 Å². The maximum atomic E-state index is 5.25. The smallest absolute Gasteiger partial charge is 0.143 e. The van der Waals surface area contributed by atoms with Crippen molar-refractivity contribution >= 4 is 74.1 Å². The van der Waals surface area contributed by atoms with Gasteiger partial charge in [-0.3, -0.25) is 0 Å². The summed E-state index contributed by atoms with van der Waals surface area (Å²) in [7, 11) is 0. The predicted octanol–water partition coefficient (Wildman–Crippen LogP) is 13.0. The summed E-state index contributed by atoms with van der Waals surface area (Å²) in [5, 5.41) is 6.29. The number of rotatable bonds is 4. The zero-order chi connectivity index (χ0) is 31.6. The third kappa shape index (κ3) is 4.45. The minimum absolute atomic E-state index is 0.885. The van der Waals surface area contributed by atoms with Gasteiger partial charge in [0.1, 0.15) is 10.3 Å². The summed E-state index contributed by atoms with van der Waals surface area (Å²) in [6, 6.07) is 54.8. The van der Waals surface area contributed by atoms with Gasteiger partial charge in [-0.2, -0.15) is 0 Å². The summed E-state index contributed by atoms with van der Waals surface area (Å²) < 4.78 is 3.83. The van der Waals surface area contributed by atoms with Gasteiger partial charge < -0.3 is 0 Å². The molecule has 0 N–H and O–H groups in total. The van der Waals surface area contributed by atoms with Crippen molar-refractivity contribution in [1.82, 2.24) is 9.97 Å². The summed E-state index contributed by atoms with van der Waals surface area (Å²) in [6.45, 7) is 0. The molecular weight excluding hydrogens is 621 g/mol. The molecule has 0 bridgehead atoms. The van der Waals surface area contributed by atoms with Gasteiger partial charge in [0.15, 0.2) is 0 Å². The second-order valence-electron chi connectivity index (χ2n) is 12.2. The highest BCUT2D eigenvalue weighted by Crippen LogP contribution is 2.41. The normalized spacial score (nSPS) is 11.8. The van der Waals surface area contributed by atoms with Crippen LogP contribution in [0.5, 0.6) is 0 Å². The molecule has 7 aromatic carbocycles. The van der Waals surface area contributed by atoms with E-state index in [2.05, 4.69) is 152 Å². The number of aromatic nitrogens is 2. The van der Waals surface area contributed by atoms with Crippen LogP contribution in [0.15, 0.2) is 158 Å². The highest BCUT2D eigenvalue weighted by atomic mass is 32.1. The van der Waals surface area contributed by atoms with Crippen LogP contribution in [0, 0.1) is 0 Å². The Labute approximate surface area is 285 Å². The second kappa shape index (κ2) is 11.0. The van der Waals surface area contributed by atoms with Gasteiger partial charge in [-0.15, -0.1) is 22.7 Å². The van der Waals surface area contributed by atoms with Crippen molar-refractivity contribution in [2.45, 2.75) is 0 Å². The molecule has 0 fully saturated rings. The molecule has 0 aliphatic carbocycles. The molecule has 0 aliphatic rings. The lowest BCUT2D eigenvalue weighted by atomic mass is 9.95. The molecule has 3 aromatic heterocycles. The van der Waals surface area contributed by atoms with Crippen LogP contribution in [0.3, 0.4) is 0 Å². The molecule has 224 valence electrons. The molecule has 4 heteroatoms. The number of fused-ring (bicyclic) bond motifs is 7. The van der Waals surface area contributed by atoms with Gasteiger partial charge in [0, 0.05) is 35.8 Å². The molecule has 3 heterocycles. The van der Waals surface area contributed by atoms with E-state index in [0.29, 0.717) is 0 Å². The third-order valence-corrected chi connectivity index (χ3v) is 11.6. The average Bonchev–Trinajstić information content (AvgIpc) is 3.72. The first kappa shape index (κ1) is 27.4. The molecule has 0 spiro atoms. The van der Waals surface area contributed by atoms with Crippen LogP contribution in [0.25, 0.3) is 96.0 Å². The summed E-state index contributed by atoms with van der Waals surface area (Å²) in [6.07, 6.45) is 1.92. The van der Waals surface area contributed by atoms with Gasteiger partial charge in [-0.1, -0.05) is 121 Å². The number of hydrogen-bond acceptors (Lipinski definition) is 4. The lowest BCUT2D eigenvalue weighted by Gasteiger charge is -2.09. The van der Waals surface area contributed by atoms with Crippen LogP contribution in [-0.4, -0.2) is 9.97 Å². The first-order valence-corrected chi connectivity index (χ1v) is 17.7. The molecule has 2 nitrogen and oxygen atoms in total. The summed E-state index contributed by atoms with van der Waals surface area (Å²) >= 11 is 3.56. The monoisotopic (exact) mass is 646 g/mol. The van der Waals surface area contributed by atoms with Gasteiger partial charge in [0.25, 0.3) is 0 Å². The van der Waals surface area contributed by atoms with Crippen molar-refractivity contribution in [3.63, 3.8) is 0 Å². The lowest BCUT2D eigenvalue weighted by molar-refractivity contribution is 1.32. The Hall–Kier alpha value is -5.68. The Morgan fingerprint density at radius 3 is 2.00 bits per heavy atom. The van der Waals surface area contributed by atoms with Gasteiger partial charge >= 0.3 is 0 Å². The summed E-state index contributed by atoms with van der Waals surface area (Å²) in [5.74, 6) is 0. The van der Waals surface area contributed by atoms with Crippen molar-refractivity contribution in [2.75, 3.05) is 0 Å². The van der Waals surface area contributed by atoms with Gasteiger partial charge in [0.2, 0.25) is 0 Å². The maximum absolute atomic E-state index is 5.25. The fourth-order valence-electron chi connectivity index (χ4n) is 7.02. The zero-order valence-corrected chi connectivity index (χ0v) is 27.4. The molecule has 0 saturated carbocycles. The van der Waals surface area contributed by atoms with Crippen LogP contribution >= 0.6 is 22.7 Å². The van der Waals surface area contributed by atoms with Crippen LogP contribution in [0.2, 0.25) is 0 Å². The van der Waals surface area contributed by atoms with E-state index < -0.39 is 0 Å². The molecule has 0 saturated heterocycles. The van der Waals surface area contributed by atoms with Gasteiger partial charge in [-0.25, -0.2) is 9.97 Å². The number of hydrogen-bond donors (Lipinski definition) is 0. The van der Waals surface area contributed by atoms with Crippen LogP contribution in [0.1, 0.15) is 0 Å². The molecule has 0 unspecified atom stereocenters. The fraction of sp³-hybridized carbons (Fsp3) is 0. The van der Waals surface area contributed by atoms with Gasteiger partial charge in [0.05, 0.1) is 11.9 Å². The number of nitrogens with zero attached hydrogens (tertiary/aromatic N) is 2. The topological polar surface area (TPSA) is 25.8 Å². The highest BCUT2D eigenvalue weighted by Gasteiger charge is 2.14. The standard InChI is InChI=1S/C44H26N2S2/c1-2-15-33-27(9-1)10-7-17-34(33)30-12-5-11-28(23-30)29-21-22-41-38(25-29)42-44(48-41)45-26-39(46-42)32-14-6-13-31(24-32)35-18-8-19-37-36-16-3-4-20-40(36)47-43(35)37/h1-26H. The van der Waals surface area contributed by atoms with Gasteiger partial charge in [-0.05, 0) is 74.5 Å². The Balaban J connectivity index is 1.06. The Bertz CT molecular complexity index is 2850. The molecule has 10 rings (SSSR count). The van der Waals surface area contributed by atoms with E-state index in [4.69, 9.17) is 9.97 Å². The molecule has 0 atom stereocenters. The largest absolute Gasteiger partial charge is 0.243 e. The fourth-order valence-corrected chi connectivity index (χ4v) is 9.22. The Kier molecular flexibility index (Phi) is 6.26. The molecule has 0 aliphatic heterocycles. The van der Waals surface area contributed by atoms with E-state index >= 15 is 0 Å². The second-order valence-corrected chi connectivity index (χ2v) is 14.3. The summed E-state index contributed by atoms with van der Waals surface area (Å²) in [5.41, 5.74) is 10.2. The van der Waals surface area contributed by atoms with E-state index in [-0.39, 0.29) is 0 Å². The SMILES string of the molecule is c1cc(-c2ccc3sc4ncc(-c5cccc(-c6cccc7c6sc6ccccc67)c5)nc4c3c2)cc(-c2cccc3ccccc23)c1. The summed E-state index contributed by atoms with van der Waals surface area (Å²) in [4.78, 5) is 11.1. The number of thiophene rings is 2. The Morgan fingerprint density at radius 2 is 1.06 bits per heavy atom. The first-order chi connectivity index (χ1) is 23.8. The molecule has 10 aromatic rings. The number of benzene rings is 7. The highest BCUT2D eigenvalue weighted by molar-refractivity contribution is 7.26. The van der Waals surface area contributed by atoms with E-state index in [1.807, 2.05) is 17.5 Å². The maximum Gasteiger partial charge on any atom is 0.143 e. The van der Waals surface area contributed by atoms with Crippen molar-refractivity contribution < 1.29 is 0 Å². The van der Waals surface area contributed by atoms with Crippen molar-refractivity contribution in [3.05, 3.63) is 158 Å². The van der Waals surface area contributed by atoms with E-state index in [9.17, 15) is 0 Å². The molecule has 0 radical (unpaired) electrons. The van der Waals surface area contributed by atoms with Crippen LogP contribution in [0.4, 0.5) is 0 Å². The first-order valence-electron chi connectivity index (χ1n) is 16.1.